The number of pyridine rings is 1. The first-order valence-corrected chi connectivity index (χ1v) is 10.1. The van der Waals surface area contributed by atoms with Crippen LogP contribution in [0.15, 0.2) is 48.9 Å². The SMILES string of the molecule is Cc1ncnc(N(CCc2ccc(OCC(F)(F)F)cc2)Cc2ccc(Cl)nc2)c1Cl. The maximum Gasteiger partial charge on any atom is 0.422 e. The van der Waals surface area contributed by atoms with E-state index in [-0.39, 0.29) is 5.75 Å². The van der Waals surface area contributed by atoms with E-state index < -0.39 is 12.8 Å². The Morgan fingerprint density at radius 1 is 0.968 bits per heavy atom. The van der Waals surface area contributed by atoms with Gasteiger partial charge in [-0.05, 0) is 42.7 Å². The van der Waals surface area contributed by atoms with Crippen LogP contribution in [-0.4, -0.2) is 34.3 Å². The predicted octanol–water partition coefficient (Wildman–Crippen LogP) is 5.68. The molecule has 0 amide bonds. The molecule has 2 aromatic heterocycles. The van der Waals surface area contributed by atoms with Gasteiger partial charge in [-0.2, -0.15) is 13.2 Å². The standard InChI is InChI=1S/C21H19Cl2F3N4O/c1-14-19(23)20(29-13-28-14)30(11-16-4-7-18(22)27-10-16)9-8-15-2-5-17(6-3-15)31-12-21(24,25)26/h2-7,10,13H,8-9,11-12H2,1H3. The van der Waals surface area contributed by atoms with Crippen LogP contribution in [0, 0.1) is 6.92 Å². The molecule has 0 aliphatic heterocycles. The van der Waals surface area contributed by atoms with Gasteiger partial charge < -0.3 is 9.64 Å². The van der Waals surface area contributed by atoms with Crippen LogP contribution < -0.4 is 9.64 Å². The Hall–Kier alpha value is -2.58. The molecule has 0 spiro atoms. The second-order valence-electron chi connectivity index (χ2n) is 6.81. The van der Waals surface area contributed by atoms with Gasteiger partial charge in [-0.25, -0.2) is 15.0 Å². The quantitative estimate of drug-likeness (QED) is 0.396. The topological polar surface area (TPSA) is 51.1 Å². The average Bonchev–Trinajstić information content (AvgIpc) is 2.73. The molecule has 1 aromatic carbocycles. The summed E-state index contributed by atoms with van der Waals surface area (Å²) in [5, 5.41) is 0.861. The van der Waals surface area contributed by atoms with Crippen LogP contribution in [0.3, 0.4) is 0 Å². The molecule has 0 N–H and O–H groups in total. The Kier molecular flexibility index (Phi) is 7.56. The van der Waals surface area contributed by atoms with E-state index >= 15 is 0 Å². The molecule has 0 radical (unpaired) electrons. The number of ether oxygens (including phenoxy) is 1. The van der Waals surface area contributed by atoms with Crippen molar-refractivity contribution in [2.24, 2.45) is 0 Å². The van der Waals surface area contributed by atoms with E-state index in [1.165, 1.54) is 18.5 Å². The lowest BCUT2D eigenvalue weighted by atomic mass is 10.1. The minimum Gasteiger partial charge on any atom is -0.484 e. The molecule has 31 heavy (non-hydrogen) atoms. The fraction of sp³-hybridized carbons (Fsp3) is 0.286. The molecule has 0 fully saturated rings. The number of rotatable bonds is 8. The second-order valence-corrected chi connectivity index (χ2v) is 7.57. The van der Waals surface area contributed by atoms with E-state index in [2.05, 4.69) is 15.0 Å². The fourth-order valence-electron chi connectivity index (χ4n) is 2.83. The minimum absolute atomic E-state index is 0.166. The van der Waals surface area contributed by atoms with Gasteiger partial charge in [0.05, 0.1) is 5.69 Å². The van der Waals surface area contributed by atoms with Gasteiger partial charge in [-0.1, -0.05) is 41.4 Å². The van der Waals surface area contributed by atoms with E-state index in [0.717, 1.165) is 11.1 Å². The van der Waals surface area contributed by atoms with Gasteiger partial charge in [0.2, 0.25) is 0 Å². The number of benzene rings is 1. The monoisotopic (exact) mass is 470 g/mol. The zero-order valence-corrected chi connectivity index (χ0v) is 18.0. The third-order valence-electron chi connectivity index (χ3n) is 4.40. The van der Waals surface area contributed by atoms with Crippen molar-refractivity contribution in [3.05, 3.63) is 75.9 Å². The van der Waals surface area contributed by atoms with E-state index in [1.807, 2.05) is 11.0 Å². The normalized spacial score (nSPS) is 11.4. The first kappa shape index (κ1) is 23.1. The molecule has 3 aromatic rings. The first-order valence-electron chi connectivity index (χ1n) is 9.32. The number of halogens is 5. The molecule has 0 unspecified atom stereocenters. The number of nitrogens with zero attached hydrogens (tertiary/aromatic N) is 4. The Balaban J connectivity index is 1.72. The molecule has 0 saturated heterocycles. The van der Waals surface area contributed by atoms with Gasteiger partial charge in [0.1, 0.15) is 22.3 Å². The maximum atomic E-state index is 12.3. The highest BCUT2D eigenvalue weighted by Gasteiger charge is 2.28. The van der Waals surface area contributed by atoms with Crippen LogP contribution >= 0.6 is 23.2 Å². The number of hydrogen-bond acceptors (Lipinski definition) is 5. The molecule has 0 atom stereocenters. The summed E-state index contributed by atoms with van der Waals surface area (Å²) in [6, 6.07) is 10.1. The molecule has 3 rings (SSSR count). The second kappa shape index (κ2) is 10.2. The van der Waals surface area contributed by atoms with Crippen molar-refractivity contribution in [3.63, 3.8) is 0 Å². The minimum atomic E-state index is -4.37. The Morgan fingerprint density at radius 2 is 1.68 bits per heavy atom. The fourth-order valence-corrected chi connectivity index (χ4v) is 3.16. The summed E-state index contributed by atoms with van der Waals surface area (Å²) < 4.78 is 41.6. The van der Waals surface area contributed by atoms with Crippen molar-refractivity contribution in [2.45, 2.75) is 26.1 Å². The summed E-state index contributed by atoms with van der Waals surface area (Å²) in [6.45, 7) is 1.53. The van der Waals surface area contributed by atoms with E-state index in [1.54, 1.807) is 31.3 Å². The van der Waals surface area contributed by atoms with Crippen LogP contribution in [0.1, 0.15) is 16.8 Å². The van der Waals surface area contributed by atoms with Crippen molar-refractivity contribution in [1.29, 1.82) is 0 Å². The summed E-state index contributed by atoms with van der Waals surface area (Å²) in [6.07, 6.45) is -0.620. The zero-order valence-electron chi connectivity index (χ0n) is 16.5. The summed E-state index contributed by atoms with van der Waals surface area (Å²) >= 11 is 12.3. The summed E-state index contributed by atoms with van der Waals surface area (Å²) in [5.41, 5.74) is 2.52. The van der Waals surface area contributed by atoms with Gasteiger partial charge >= 0.3 is 6.18 Å². The molecule has 2 heterocycles. The number of hydrogen-bond donors (Lipinski definition) is 0. The molecule has 0 saturated carbocycles. The third kappa shape index (κ3) is 6.97. The van der Waals surface area contributed by atoms with Gasteiger partial charge in [0.25, 0.3) is 0 Å². The van der Waals surface area contributed by atoms with Crippen LogP contribution in [0.5, 0.6) is 5.75 Å². The molecule has 0 aliphatic rings. The van der Waals surface area contributed by atoms with Gasteiger partial charge in [0.15, 0.2) is 12.4 Å². The van der Waals surface area contributed by atoms with Crippen LogP contribution in [0.25, 0.3) is 0 Å². The summed E-state index contributed by atoms with van der Waals surface area (Å²) in [5.74, 6) is 0.758. The van der Waals surface area contributed by atoms with Crippen LogP contribution in [0.4, 0.5) is 19.0 Å². The average molecular weight is 471 g/mol. The summed E-state index contributed by atoms with van der Waals surface area (Å²) in [7, 11) is 0. The highest BCUT2D eigenvalue weighted by molar-refractivity contribution is 6.33. The molecule has 164 valence electrons. The van der Waals surface area contributed by atoms with Gasteiger partial charge in [-0.3, -0.25) is 0 Å². The van der Waals surface area contributed by atoms with Gasteiger partial charge in [0, 0.05) is 19.3 Å². The third-order valence-corrected chi connectivity index (χ3v) is 5.07. The van der Waals surface area contributed by atoms with E-state index in [9.17, 15) is 13.2 Å². The van der Waals surface area contributed by atoms with E-state index in [0.29, 0.717) is 41.2 Å². The van der Waals surface area contributed by atoms with Crippen molar-refractivity contribution >= 4 is 29.0 Å². The summed E-state index contributed by atoms with van der Waals surface area (Å²) in [4.78, 5) is 14.5. The van der Waals surface area contributed by atoms with Crippen molar-refractivity contribution in [3.8, 4) is 5.75 Å². The maximum absolute atomic E-state index is 12.3. The number of alkyl halides is 3. The van der Waals surface area contributed by atoms with Crippen molar-refractivity contribution in [2.75, 3.05) is 18.1 Å². The Bertz CT molecular complexity index is 999. The van der Waals surface area contributed by atoms with Crippen LogP contribution in [-0.2, 0) is 13.0 Å². The lowest BCUT2D eigenvalue weighted by molar-refractivity contribution is -0.153. The number of aromatic nitrogens is 3. The Labute approximate surface area is 187 Å². The van der Waals surface area contributed by atoms with E-state index in [4.69, 9.17) is 27.9 Å². The predicted molar refractivity (Wildman–Crippen MR) is 114 cm³/mol. The lowest BCUT2D eigenvalue weighted by Crippen LogP contribution is -2.27. The Morgan fingerprint density at radius 3 is 2.32 bits per heavy atom. The first-order chi connectivity index (χ1) is 14.7. The molecular weight excluding hydrogens is 452 g/mol. The lowest BCUT2D eigenvalue weighted by Gasteiger charge is -2.25. The van der Waals surface area contributed by atoms with Crippen molar-refractivity contribution < 1.29 is 17.9 Å². The largest absolute Gasteiger partial charge is 0.484 e. The molecule has 5 nitrogen and oxygen atoms in total. The molecule has 0 aliphatic carbocycles. The zero-order chi connectivity index (χ0) is 22.4. The smallest absolute Gasteiger partial charge is 0.422 e. The molecular formula is C21H19Cl2F3N4O. The number of anilines is 1. The highest BCUT2D eigenvalue weighted by Crippen LogP contribution is 2.27. The van der Waals surface area contributed by atoms with Crippen LogP contribution in [0.2, 0.25) is 10.2 Å². The van der Waals surface area contributed by atoms with Crippen molar-refractivity contribution in [1.82, 2.24) is 15.0 Å². The number of aryl methyl sites for hydroxylation is 1. The van der Waals surface area contributed by atoms with Gasteiger partial charge in [-0.15, -0.1) is 0 Å². The molecule has 0 bridgehead atoms. The highest BCUT2D eigenvalue weighted by atomic mass is 35.5. The molecule has 10 heteroatoms.